The molecular weight excluding hydrogens is 319 g/mol. The van der Waals surface area contributed by atoms with E-state index in [-0.39, 0.29) is 42.0 Å². The molecule has 0 saturated heterocycles. The minimum atomic E-state index is -0.441. The summed E-state index contributed by atoms with van der Waals surface area (Å²) in [6, 6.07) is 9.84. The van der Waals surface area contributed by atoms with Gasteiger partial charge in [-0.3, -0.25) is 0 Å². The van der Waals surface area contributed by atoms with Gasteiger partial charge in [-0.2, -0.15) is 20.8 Å². The van der Waals surface area contributed by atoms with Crippen LogP contribution >= 0.6 is 0 Å². The fourth-order valence-corrected chi connectivity index (χ4v) is 1.57. The van der Waals surface area contributed by atoms with Crippen LogP contribution in [0.4, 0.5) is 0 Å². The molecule has 1 aromatic carbocycles. The van der Waals surface area contributed by atoms with E-state index in [1.807, 2.05) is 51.4 Å². The van der Waals surface area contributed by atoms with Crippen molar-refractivity contribution in [2.75, 3.05) is 27.2 Å². The Morgan fingerprint density at radius 2 is 1.59 bits per heavy atom. The molecule has 0 amide bonds. The first-order chi connectivity index (χ1) is 9.34. The number of rotatable bonds is 6. The number of aliphatic hydroxyl groups is 1. The maximum Gasteiger partial charge on any atom is 1.00 e. The Hall–Kier alpha value is 0.217. The second-order valence-electron chi connectivity index (χ2n) is 5.90. The predicted molar refractivity (Wildman–Crippen MR) is 93.4 cm³/mol. The van der Waals surface area contributed by atoms with Gasteiger partial charge in [0.25, 0.3) is 0 Å². The number of hydrogen-bond acceptors (Lipinski definition) is 3. The van der Waals surface area contributed by atoms with Gasteiger partial charge >= 0.3 is 17.1 Å². The van der Waals surface area contributed by atoms with E-state index in [1.54, 1.807) is 0 Å². The molecule has 1 radical (unpaired) electrons. The first-order valence-electron chi connectivity index (χ1n) is 7.22. The van der Waals surface area contributed by atoms with Crippen molar-refractivity contribution in [1.82, 2.24) is 10.2 Å². The minimum absolute atomic E-state index is 0. The summed E-state index contributed by atoms with van der Waals surface area (Å²) in [4.78, 5) is 2.12. The topological polar surface area (TPSA) is 35.5 Å². The SMILES string of the molecule is C[C-](C)C.C[C@H](NCCN(C)C)C(O)c1ccccc1.[Cu+].[Li]. The quantitative estimate of drug-likeness (QED) is 0.612. The number of hydrogen-bond donors (Lipinski definition) is 2. The first-order valence-corrected chi connectivity index (χ1v) is 7.22. The van der Waals surface area contributed by atoms with E-state index in [0.717, 1.165) is 18.7 Å². The van der Waals surface area contributed by atoms with Gasteiger partial charge in [0.1, 0.15) is 0 Å². The van der Waals surface area contributed by atoms with Gasteiger partial charge in [0.2, 0.25) is 0 Å². The van der Waals surface area contributed by atoms with Gasteiger partial charge in [-0.25, -0.2) is 0 Å². The van der Waals surface area contributed by atoms with Crippen LogP contribution in [-0.4, -0.2) is 62.1 Å². The van der Waals surface area contributed by atoms with E-state index in [2.05, 4.69) is 31.0 Å². The van der Waals surface area contributed by atoms with E-state index < -0.39 is 6.10 Å². The first kappa shape index (κ1) is 27.1. The van der Waals surface area contributed by atoms with Crippen LogP contribution in [0.1, 0.15) is 39.4 Å². The van der Waals surface area contributed by atoms with Crippen molar-refractivity contribution in [3.8, 4) is 0 Å². The largest absolute Gasteiger partial charge is 1.00 e. The van der Waals surface area contributed by atoms with Crippen LogP contribution in [0, 0.1) is 5.92 Å². The Morgan fingerprint density at radius 3 is 2.00 bits per heavy atom. The monoisotopic (exact) mass is 349 g/mol. The van der Waals surface area contributed by atoms with Crippen LogP contribution in [0.3, 0.4) is 0 Å². The van der Waals surface area contributed by atoms with Crippen LogP contribution in [0.25, 0.3) is 0 Å². The number of likely N-dealkylation sites (N-methyl/N-ethyl adjacent to an activating group) is 1. The molecule has 0 aliphatic carbocycles. The standard InChI is InChI=1S/C13H22N2O.C4H9.Cu.Li/c1-11(14-9-10-15(2)3)13(16)12-7-5-4-6-8-12;1-4(2)3;;/h4-8,11,13-14,16H,9-10H2,1-3H3;1-3H3;;/q;-1;+1;/t11-,13?;;;/m0.../s1. The molecule has 2 atom stereocenters. The van der Waals surface area contributed by atoms with Crippen LogP contribution in [-0.2, 0) is 17.1 Å². The molecule has 3 nitrogen and oxygen atoms in total. The van der Waals surface area contributed by atoms with Crippen molar-refractivity contribution in [2.45, 2.75) is 39.8 Å². The van der Waals surface area contributed by atoms with E-state index in [1.165, 1.54) is 5.92 Å². The number of benzene rings is 1. The van der Waals surface area contributed by atoms with Gasteiger partial charge in [0.15, 0.2) is 0 Å². The summed E-state index contributed by atoms with van der Waals surface area (Å²) in [7, 11) is 4.08. The molecule has 0 heterocycles. The summed E-state index contributed by atoms with van der Waals surface area (Å²) in [5.74, 6) is 1.42. The van der Waals surface area contributed by atoms with E-state index in [9.17, 15) is 5.11 Å². The van der Waals surface area contributed by atoms with Crippen LogP contribution in [0.2, 0.25) is 0 Å². The molecule has 0 bridgehead atoms. The molecule has 22 heavy (non-hydrogen) atoms. The van der Waals surface area contributed by atoms with Crippen molar-refractivity contribution in [1.29, 1.82) is 0 Å². The molecule has 127 valence electrons. The number of aliphatic hydroxyl groups excluding tert-OH is 1. The van der Waals surface area contributed by atoms with Crippen molar-refractivity contribution in [2.24, 2.45) is 0 Å². The number of nitrogens with zero attached hydrogens (tertiary/aromatic N) is 1. The summed E-state index contributed by atoms with van der Waals surface area (Å²) < 4.78 is 0. The van der Waals surface area contributed by atoms with Gasteiger partial charge in [-0.1, -0.05) is 30.3 Å². The molecule has 0 aliphatic rings. The fourth-order valence-electron chi connectivity index (χ4n) is 1.57. The third-order valence-corrected chi connectivity index (χ3v) is 2.64. The molecule has 0 aliphatic heterocycles. The zero-order valence-electron chi connectivity index (χ0n) is 15.2. The minimum Gasteiger partial charge on any atom is -0.387 e. The normalized spacial score (nSPS) is 12.6. The predicted octanol–water partition coefficient (Wildman–Crippen LogP) is 2.50. The van der Waals surface area contributed by atoms with Crippen LogP contribution < -0.4 is 5.32 Å². The molecule has 0 spiro atoms. The number of nitrogens with one attached hydrogen (secondary N) is 1. The molecule has 1 unspecified atom stereocenters. The third kappa shape index (κ3) is 15.1. The average Bonchev–Trinajstić information content (AvgIpc) is 2.37. The van der Waals surface area contributed by atoms with Gasteiger partial charge in [-0.15, -0.1) is 0 Å². The molecule has 5 heteroatoms. The molecule has 0 aromatic heterocycles. The molecular formula is C17H31CuLiN2O. The Morgan fingerprint density at radius 1 is 1.14 bits per heavy atom. The van der Waals surface area contributed by atoms with Gasteiger partial charge in [-0.05, 0) is 26.6 Å². The van der Waals surface area contributed by atoms with Crippen molar-refractivity contribution in [3.05, 3.63) is 41.8 Å². The summed E-state index contributed by atoms with van der Waals surface area (Å²) in [5, 5.41) is 13.4. The maximum absolute atomic E-state index is 10.1. The Balaban J connectivity index is -0.000000538. The summed E-state index contributed by atoms with van der Waals surface area (Å²) in [6.07, 6.45) is -0.441. The molecule has 0 fully saturated rings. The van der Waals surface area contributed by atoms with Gasteiger partial charge in [0, 0.05) is 38.0 Å². The summed E-state index contributed by atoms with van der Waals surface area (Å²) >= 11 is 0. The zero-order chi connectivity index (χ0) is 15.5. The molecule has 1 aromatic rings. The van der Waals surface area contributed by atoms with Crippen LogP contribution in [0.15, 0.2) is 30.3 Å². The average molecular weight is 350 g/mol. The Kier molecular flexibility index (Phi) is 19.8. The summed E-state index contributed by atoms with van der Waals surface area (Å²) in [6.45, 7) is 10.1. The second kappa shape index (κ2) is 16.1. The Bertz CT molecular complexity index is 334. The third-order valence-electron chi connectivity index (χ3n) is 2.64. The summed E-state index contributed by atoms with van der Waals surface area (Å²) in [5.41, 5.74) is 0.965. The van der Waals surface area contributed by atoms with Crippen molar-refractivity contribution < 1.29 is 22.2 Å². The van der Waals surface area contributed by atoms with Gasteiger partial charge in [0.05, 0.1) is 6.10 Å². The fraction of sp³-hybridized carbons (Fsp3) is 0.588. The maximum atomic E-state index is 10.1. The van der Waals surface area contributed by atoms with E-state index in [4.69, 9.17) is 0 Å². The Labute approximate surface area is 159 Å². The van der Waals surface area contributed by atoms with Crippen LogP contribution in [0.5, 0.6) is 0 Å². The van der Waals surface area contributed by atoms with E-state index >= 15 is 0 Å². The molecule has 0 saturated carbocycles. The molecule has 2 N–H and O–H groups in total. The van der Waals surface area contributed by atoms with E-state index in [0.29, 0.717) is 0 Å². The van der Waals surface area contributed by atoms with Crippen molar-refractivity contribution in [3.63, 3.8) is 0 Å². The van der Waals surface area contributed by atoms with Gasteiger partial charge < -0.3 is 21.2 Å². The van der Waals surface area contributed by atoms with Crippen molar-refractivity contribution >= 4 is 18.9 Å². The second-order valence-corrected chi connectivity index (χ2v) is 5.90. The molecule has 1 rings (SSSR count). The smallest absolute Gasteiger partial charge is 0.387 e. The zero-order valence-corrected chi connectivity index (χ0v) is 16.1.